The second-order valence-corrected chi connectivity index (χ2v) is 6.85. The van der Waals surface area contributed by atoms with Crippen LogP contribution in [0.3, 0.4) is 0 Å². The predicted octanol–water partition coefficient (Wildman–Crippen LogP) is 4.86. The van der Waals surface area contributed by atoms with Crippen molar-refractivity contribution in [3.63, 3.8) is 0 Å². The first-order valence-electron chi connectivity index (χ1n) is 6.96. The Morgan fingerprint density at radius 1 is 1.39 bits per heavy atom. The fraction of sp³-hybridized carbons (Fsp3) is 0.667. The van der Waals surface area contributed by atoms with Gasteiger partial charge in [-0.05, 0) is 58.7 Å². The summed E-state index contributed by atoms with van der Waals surface area (Å²) in [5.74, 6) is 1.75. The quantitative estimate of drug-likeness (QED) is 0.840. The molecular formula is C15H23BrN2. The molecule has 0 radical (unpaired) electrons. The Balaban J connectivity index is 2.00. The molecule has 3 heteroatoms. The Morgan fingerprint density at radius 2 is 2.11 bits per heavy atom. The Kier molecular flexibility index (Phi) is 4.66. The molecular weight excluding hydrogens is 288 g/mol. The number of aromatic nitrogens is 1. The summed E-state index contributed by atoms with van der Waals surface area (Å²) in [6.45, 7) is 5.72. The lowest BCUT2D eigenvalue weighted by Gasteiger charge is -2.31. The summed E-state index contributed by atoms with van der Waals surface area (Å²) < 4.78 is 1.06. The smallest absolute Gasteiger partial charge is 0.140 e. The van der Waals surface area contributed by atoms with Gasteiger partial charge < -0.3 is 5.32 Å². The van der Waals surface area contributed by atoms with Crippen LogP contribution < -0.4 is 5.32 Å². The van der Waals surface area contributed by atoms with E-state index in [2.05, 4.69) is 40.1 Å². The van der Waals surface area contributed by atoms with Crippen LogP contribution in [0.25, 0.3) is 0 Å². The zero-order valence-electron chi connectivity index (χ0n) is 11.4. The number of hydrogen-bond acceptors (Lipinski definition) is 2. The molecule has 0 spiro atoms. The average Bonchev–Trinajstić information content (AvgIpc) is 2.76. The van der Waals surface area contributed by atoms with Crippen LogP contribution in [0, 0.1) is 11.3 Å². The molecule has 0 bridgehead atoms. The first kappa shape index (κ1) is 13.9. The lowest BCUT2D eigenvalue weighted by molar-refractivity contribution is 0.252. The molecule has 1 aliphatic carbocycles. The third kappa shape index (κ3) is 3.47. The number of nitrogens with one attached hydrogen (secondary N) is 1. The standard InChI is InChI=1S/C15H23BrN2/c1-12(2)10-15(7-3-4-8-15)11-18-14-13(16)6-5-9-17-14/h5-6,9,12H,3-4,7-8,10-11H2,1-2H3,(H,17,18). The van der Waals surface area contributed by atoms with Crippen LogP contribution in [-0.4, -0.2) is 11.5 Å². The highest BCUT2D eigenvalue weighted by molar-refractivity contribution is 9.10. The third-order valence-corrected chi connectivity index (χ3v) is 4.53. The van der Waals surface area contributed by atoms with E-state index in [1.165, 1.54) is 32.1 Å². The van der Waals surface area contributed by atoms with Crippen LogP contribution in [0.4, 0.5) is 5.82 Å². The molecule has 0 atom stereocenters. The fourth-order valence-corrected chi connectivity index (χ4v) is 3.63. The van der Waals surface area contributed by atoms with E-state index in [0.29, 0.717) is 5.41 Å². The van der Waals surface area contributed by atoms with E-state index in [9.17, 15) is 0 Å². The fourth-order valence-electron chi connectivity index (χ4n) is 3.23. The maximum absolute atomic E-state index is 4.39. The van der Waals surface area contributed by atoms with Gasteiger partial charge in [0.05, 0.1) is 4.47 Å². The van der Waals surface area contributed by atoms with E-state index < -0.39 is 0 Å². The summed E-state index contributed by atoms with van der Waals surface area (Å²) in [5, 5.41) is 3.54. The molecule has 2 nitrogen and oxygen atoms in total. The Morgan fingerprint density at radius 3 is 2.72 bits per heavy atom. The maximum Gasteiger partial charge on any atom is 0.140 e. The second kappa shape index (κ2) is 6.05. The van der Waals surface area contributed by atoms with Crippen LogP contribution in [0.1, 0.15) is 46.0 Å². The van der Waals surface area contributed by atoms with Crippen molar-refractivity contribution in [3.8, 4) is 0 Å². The highest BCUT2D eigenvalue weighted by Gasteiger charge is 2.34. The van der Waals surface area contributed by atoms with E-state index in [-0.39, 0.29) is 0 Å². The number of nitrogens with zero attached hydrogens (tertiary/aromatic N) is 1. The van der Waals surface area contributed by atoms with Gasteiger partial charge in [-0.25, -0.2) is 4.98 Å². The molecule has 0 amide bonds. The average molecular weight is 311 g/mol. The van der Waals surface area contributed by atoms with Gasteiger partial charge in [0.15, 0.2) is 0 Å². The van der Waals surface area contributed by atoms with E-state index >= 15 is 0 Å². The van der Waals surface area contributed by atoms with Crippen molar-refractivity contribution < 1.29 is 0 Å². The van der Waals surface area contributed by atoms with Gasteiger partial charge in [0.1, 0.15) is 5.82 Å². The van der Waals surface area contributed by atoms with Gasteiger partial charge >= 0.3 is 0 Å². The summed E-state index contributed by atoms with van der Waals surface area (Å²) in [6.07, 6.45) is 8.67. The van der Waals surface area contributed by atoms with Crippen molar-refractivity contribution in [3.05, 3.63) is 22.8 Å². The van der Waals surface area contributed by atoms with E-state index in [1.54, 1.807) is 0 Å². The molecule has 2 rings (SSSR count). The summed E-state index contributed by atoms with van der Waals surface area (Å²) in [7, 11) is 0. The number of anilines is 1. The number of halogens is 1. The van der Waals surface area contributed by atoms with Crippen molar-refractivity contribution in [1.82, 2.24) is 4.98 Å². The predicted molar refractivity (Wildman–Crippen MR) is 80.8 cm³/mol. The molecule has 0 aliphatic heterocycles. The molecule has 1 aromatic rings. The van der Waals surface area contributed by atoms with Crippen LogP contribution >= 0.6 is 15.9 Å². The number of pyridine rings is 1. The first-order chi connectivity index (χ1) is 8.61. The van der Waals surface area contributed by atoms with E-state index in [0.717, 1.165) is 22.8 Å². The highest BCUT2D eigenvalue weighted by atomic mass is 79.9. The largest absolute Gasteiger partial charge is 0.369 e. The van der Waals surface area contributed by atoms with Crippen LogP contribution in [-0.2, 0) is 0 Å². The topological polar surface area (TPSA) is 24.9 Å². The minimum Gasteiger partial charge on any atom is -0.369 e. The molecule has 1 N–H and O–H groups in total. The van der Waals surface area contributed by atoms with Gasteiger partial charge in [0.25, 0.3) is 0 Å². The Labute approximate surface area is 119 Å². The second-order valence-electron chi connectivity index (χ2n) is 5.99. The summed E-state index contributed by atoms with van der Waals surface area (Å²) >= 11 is 3.55. The summed E-state index contributed by atoms with van der Waals surface area (Å²) in [4.78, 5) is 4.39. The lowest BCUT2D eigenvalue weighted by Crippen LogP contribution is -2.28. The molecule has 18 heavy (non-hydrogen) atoms. The zero-order chi connectivity index (χ0) is 13.0. The first-order valence-corrected chi connectivity index (χ1v) is 7.75. The SMILES string of the molecule is CC(C)CC1(CNc2ncccc2Br)CCCC1. The summed E-state index contributed by atoms with van der Waals surface area (Å²) in [6, 6.07) is 3.99. The van der Waals surface area contributed by atoms with Crippen LogP contribution in [0.2, 0.25) is 0 Å². The van der Waals surface area contributed by atoms with Crippen molar-refractivity contribution in [2.24, 2.45) is 11.3 Å². The Bertz CT molecular complexity index is 384. The van der Waals surface area contributed by atoms with Crippen molar-refractivity contribution >= 4 is 21.7 Å². The lowest BCUT2D eigenvalue weighted by atomic mass is 9.78. The molecule has 1 heterocycles. The number of hydrogen-bond donors (Lipinski definition) is 1. The van der Waals surface area contributed by atoms with E-state index in [4.69, 9.17) is 0 Å². The Hall–Kier alpha value is -0.570. The zero-order valence-corrected chi connectivity index (χ0v) is 13.0. The number of rotatable bonds is 5. The molecule has 0 unspecified atom stereocenters. The van der Waals surface area contributed by atoms with Crippen LogP contribution in [0.15, 0.2) is 22.8 Å². The maximum atomic E-state index is 4.39. The van der Waals surface area contributed by atoms with Crippen molar-refractivity contribution in [2.45, 2.75) is 46.0 Å². The monoisotopic (exact) mass is 310 g/mol. The molecule has 1 aliphatic rings. The van der Waals surface area contributed by atoms with Crippen molar-refractivity contribution in [1.29, 1.82) is 0 Å². The van der Waals surface area contributed by atoms with Gasteiger partial charge in [0.2, 0.25) is 0 Å². The normalized spacial score (nSPS) is 18.2. The molecule has 100 valence electrons. The molecule has 0 saturated heterocycles. The van der Waals surface area contributed by atoms with Gasteiger partial charge in [0, 0.05) is 12.7 Å². The van der Waals surface area contributed by atoms with Gasteiger partial charge in [-0.1, -0.05) is 26.7 Å². The van der Waals surface area contributed by atoms with Gasteiger partial charge in [-0.2, -0.15) is 0 Å². The molecule has 1 fully saturated rings. The van der Waals surface area contributed by atoms with Crippen molar-refractivity contribution in [2.75, 3.05) is 11.9 Å². The third-order valence-electron chi connectivity index (χ3n) is 3.89. The van der Waals surface area contributed by atoms with Gasteiger partial charge in [-0.15, -0.1) is 0 Å². The molecule has 0 aromatic carbocycles. The minimum absolute atomic E-state index is 0.491. The summed E-state index contributed by atoms with van der Waals surface area (Å²) in [5.41, 5.74) is 0.491. The van der Waals surface area contributed by atoms with Gasteiger partial charge in [-0.3, -0.25) is 0 Å². The minimum atomic E-state index is 0.491. The highest BCUT2D eigenvalue weighted by Crippen LogP contribution is 2.43. The van der Waals surface area contributed by atoms with Crippen LogP contribution in [0.5, 0.6) is 0 Å². The molecule has 1 aromatic heterocycles. The molecule has 1 saturated carbocycles. The van der Waals surface area contributed by atoms with E-state index in [1.807, 2.05) is 18.3 Å².